The Hall–Kier alpha value is -0.810. The average molecular weight is 301 g/mol. The molecule has 0 aromatic rings. The summed E-state index contributed by atoms with van der Waals surface area (Å²) in [6, 6.07) is 0. The van der Waals surface area contributed by atoms with Gasteiger partial charge in [-0.15, -0.1) is 0 Å². The van der Waals surface area contributed by atoms with E-state index in [4.69, 9.17) is 14.2 Å². The van der Waals surface area contributed by atoms with Crippen LogP contribution < -0.4 is 5.32 Å². The molecule has 0 spiro atoms. The molecule has 1 amide bonds. The molecule has 0 radical (unpaired) electrons. The molecular formula is C16H31NO4. The minimum Gasteiger partial charge on any atom is -0.449 e. The molecule has 1 aliphatic rings. The lowest BCUT2D eigenvalue weighted by Crippen LogP contribution is -2.28. The van der Waals surface area contributed by atoms with Crippen molar-refractivity contribution in [3.05, 3.63) is 0 Å². The zero-order valence-electron chi connectivity index (χ0n) is 13.8. The summed E-state index contributed by atoms with van der Waals surface area (Å²) in [7, 11) is 0. The summed E-state index contributed by atoms with van der Waals surface area (Å²) >= 11 is 0. The van der Waals surface area contributed by atoms with Crippen molar-refractivity contribution in [2.75, 3.05) is 26.4 Å². The van der Waals surface area contributed by atoms with Gasteiger partial charge in [0.15, 0.2) is 6.29 Å². The van der Waals surface area contributed by atoms with E-state index >= 15 is 0 Å². The van der Waals surface area contributed by atoms with Crippen LogP contribution in [0, 0.1) is 5.41 Å². The monoisotopic (exact) mass is 301 g/mol. The SMILES string of the molecule is CC(C)(C)COC(=O)NCCCCCOC1CCCCO1. The number of amides is 1. The lowest BCUT2D eigenvalue weighted by atomic mass is 9.99. The molecule has 0 saturated carbocycles. The minimum absolute atomic E-state index is 0.00394. The number of unbranched alkanes of at least 4 members (excludes halogenated alkanes) is 2. The van der Waals surface area contributed by atoms with Crippen molar-refractivity contribution in [2.45, 2.75) is 65.6 Å². The Morgan fingerprint density at radius 3 is 2.71 bits per heavy atom. The number of hydrogen-bond acceptors (Lipinski definition) is 4. The van der Waals surface area contributed by atoms with E-state index in [-0.39, 0.29) is 17.8 Å². The molecule has 0 bridgehead atoms. The van der Waals surface area contributed by atoms with Crippen LogP contribution in [0.25, 0.3) is 0 Å². The maximum atomic E-state index is 11.4. The van der Waals surface area contributed by atoms with Crippen molar-refractivity contribution in [3.8, 4) is 0 Å². The van der Waals surface area contributed by atoms with Gasteiger partial charge in [-0.2, -0.15) is 0 Å². The summed E-state index contributed by atoms with van der Waals surface area (Å²) < 4.78 is 16.3. The van der Waals surface area contributed by atoms with Crippen LogP contribution in [0.15, 0.2) is 0 Å². The van der Waals surface area contributed by atoms with E-state index in [1.54, 1.807) is 0 Å². The first-order valence-electron chi connectivity index (χ1n) is 8.11. The summed E-state index contributed by atoms with van der Waals surface area (Å²) in [6.45, 7) is 8.77. The Bertz CT molecular complexity index is 282. The summed E-state index contributed by atoms with van der Waals surface area (Å²) in [4.78, 5) is 11.4. The quantitative estimate of drug-likeness (QED) is 0.697. The maximum absolute atomic E-state index is 11.4. The van der Waals surface area contributed by atoms with Crippen LogP contribution in [0.3, 0.4) is 0 Å². The highest BCUT2D eigenvalue weighted by Crippen LogP contribution is 2.14. The fourth-order valence-corrected chi connectivity index (χ4v) is 1.98. The Balaban J connectivity index is 1.86. The maximum Gasteiger partial charge on any atom is 0.407 e. The third kappa shape index (κ3) is 10.5. The van der Waals surface area contributed by atoms with Crippen molar-refractivity contribution in [1.29, 1.82) is 0 Å². The van der Waals surface area contributed by atoms with Gasteiger partial charge in [0.05, 0.1) is 6.61 Å². The number of alkyl carbamates (subject to hydrolysis) is 1. The van der Waals surface area contributed by atoms with Crippen molar-refractivity contribution in [2.24, 2.45) is 5.41 Å². The molecule has 21 heavy (non-hydrogen) atoms. The molecule has 124 valence electrons. The summed E-state index contributed by atoms with van der Waals surface area (Å²) in [5.41, 5.74) is 0.00979. The van der Waals surface area contributed by atoms with Gasteiger partial charge in [-0.3, -0.25) is 0 Å². The van der Waals surface area contributed by atoms with E-state index in [0.29, 0.717) is 13.2 Å². The summed E-state index contributed by atoms with van der Waals surface area (Å²) in [5.74, 6) is 0. The normalized spacial score (nSPS) is 19.3. The largest absolute Gasteiger partial charge is 0.449 e. The van der Waals surface area contributed by atoms with Crippen LogP contribution in [0.5, 0.6) is 0 Å². The first-order valence-corrected chi connectivity index (χ1v) is 8.11. The molecule has 1 atom stereocenters. The lowest BCUT2D eigenvalue weighted by Gasteiger charge is -2.22. The van der Waals surface area contributed by atoms with Crippen LogP contribution in [0.1, 0.15) is 59.3 Å². The zero-order valence-corrected chi connectivity index (χ0v) is 13.8. The van der Waals surface area contributed by atoms with Gasteiger partial charge in [0.1, 0.15) is 0 Å². The van der Waals surface area contributed by atoms with Gasteiger partial charge in [-0.05, 0) is 43.9 Å². The Morgan fingerprint density at radius 2 is 2.05 bits per heavy atom. The first kappa shape index (κ1) is 18.2. The molecule has 1 fully saturated rings. The Morgan fingerprint density at radius 1 is 1.24 bits per heavy atom. The number of rotatable bonds is 8. The fraction of sp³-hybridized carbons (Fsp3) is 0.938. The highest BCUT2D eigenvalue weighted by atomic mass is 16.7. The highest BCUT2D eigenvalue weighted by Gasteiger charge is 2.14. The summed E-state index contributed by atoms with van der Waals surface area (Å²) in [5, 5.41) is 2.77. The third-order valence-electron chi connectivity index (χ3n) is 3.17. The molecule has 0 aromatic carbocycles. The van der Waals surface area contributed by atoms with Crippen molar-refractivity contribution < 1.29 is 19.0 Å². The molecule has 1 heterocycles. The molecule has 0 aliphatic carbocycles. The molecule has 1 unspecified atom stereocenters. The second-order valence-corrected chi connectivity index (χ2v) is 6.79. The van der Waals surface area contributed by atoms with E-state index < -0.39 is 0 Å². The second-order valence-electron chi connectivity index (χ2n) is 6.79. The van der Waals surface area contributed by atoms with Crippen LogP contribution >= 0.6 is 0 Å². The predicted octanol–water partition coefficient (Wildman–Crippen LogP) is 3.47. The molecule has 1 rings (SSSR count). The van der Waals surface area contributed by atoms with Crippen LogP contribution in [-0.2, 0) is 14.2 Å². The number of hydrogen-bond donors (Lipinski definition) is 1. The first-order chi connectivity index (χ1) is 9.97. The van der Waals surface area contributed by atoms with E-state index in [2.05, 4.69) is 5.32 Å². The third-order valence-corrected chi connectivity index (χ3v) is 3.17. The van der Waals surface area contributed by atoms with Crippen LogP contribution in [0.4, 0.5) is 4.79 Å². The van der Waals surface area contributed by atoms with Gasteiger partial charge in [0, 0.05) is 19.8 Å². The van der Waals surface area contributed by atoms with Crippen molar-refractivity contribution in [3.63, 3.8) is 0 Å². The number of carbonyl (C=O) groups excluding carboxylic acids is 1. The molecule has 5 heteroatoms. The van der Waals surface area contributed by atoms with Crippen molar-refractivity contribution in [1.82, 2.24) is 5.32 Å². The zero-order chi connectivity index (χ0) is 15.6. The molecule has 0 aromatic heterocycles. The van der Waals surface area contributed by atoms with Gasteiger partial charge in [0.2, 0.25) is 0 Å². The van der Waals surface area contributed by atoms with Gasteiger partial charge in [0.25, 0.3) is 0 Å². The van der Waals surface area contributed by atoms with Gasteiger partial charge < -0.3 is 19.5 Å². The smallest absolute Gasteiger partial charge is 0.407 e. The molecule has 1 aliphatic heterocycles. The summed E-state index contributed by atoms with van der Waals surface area (Å²) in [6.07, 6.45) is 6.02. The van der Waals surface area contributed by atoms with E-state index in [0.717, 1.165) is 45.3 Å². The van der Waals surface area contributed by atoms with Gasteiger partial charge in [-0.25, -0.2) is 4.79 Å². The molecule has 5 nitrogen and oxygen atoms in total. The fourth-order valence-electron chi connectivity index (χ4n) is 1.98. The predicted molar refractivity (Wildman–Crippen MR) is 82.2 cm³/mol. The average Bonchev–Trinajstić information content (AvgIpc) is 2.44. The van der Waals surface area contributed by atoms with E-state index in [1.165, 1.54) is 6.42 Å². The second kappa shape index (κ2) is 10.0. The molecular weight excluding hydrogens is 270 g/mol. The standard InChI is InChI=1S/C16H31NO4/c1-16(2,3)13-21-15(18)17-10-6-4-7-11-19-14-9-5-8-12-20-14/h14H,4-13H2,1-3H3,(H,17,18). The Labute approximate surface area is 128 Å². The van der Waals surface area contributed by atoms with Crippen LogP contribution in [0.2, 0.25) is 0 Å². The van der Waals surface area contributed by atoms with E-state index in [9.17, 15) is 4.79 Å². The Kier molecular flexibility index (Phi) is 8.69. The minimum atomic E-state index is -0.322. The van der Waals surface area contributed by atoms with Gasteiger partial charge in [-0.1, -0.05) is 20.8 Å². The number of nitrogens with one attached hydrogen (secondary N) is 1. The lowest BCUT2D eigenvalue weighted by molar-refractivity contribution is -0.162. The van der Waals surface area contributed by atoms with Gasteiger partial charge >= 0.3 is 6.09 Å². The topological polar surface area (TPSA) is 56.8 Å². The number of ether oxygens (including phenoxy) is 3. The highest BCUT2D eigenvalue weighted by molar-refractivity contribution is 5.67. The van der Waals surface area contributed by atoms with E-state index in [1.807, 2.05) is 20.8 Å². The van der Waals surface area contributed by atoms with Crippen molar-refractivity contribution >= 4 is 6.09 Å². The van der Waals surface area contributed by atoms with Crippen LogP contribution in [-0.4, -0.2) is 38.7 Å². The molecule has 1 N–H and O–H groups in total. The molecule has 1 saturated heterocycles. The number of carbonyl (C=O) groups is 1.